The molecule has 0 fully saturated rings. The standard InChI is InChI=1S/C11H17N3O4/c1-11(2,17-3)4-5-18-10-7-8(14(15)16)6-9(12)13-10/h6-7H,4-5H2,1-3H3,(H2,12,13). The van der Waals surface area contributed by atoms with Crippen molar-refractivity contribution in [1.82, 2.24) is 4.98 Å². The van der Waals surface area contributed by atoms with Gasteiger partial charge < -0.3 is 15.2 Å². The summed E-state index contributed by atoms with van der Waals surface area (Å²) < 4.78 is 10.6. The van der Waals surface area contributed by atoms with Crippen LogP contribution in [0.2, 0.25) is 0 Å². The molecule has 18 heavy (non-hydrogen) atoms. The summed E-state index contributed by atoms with van der Waals surface area (Å²) in [6.07, 6.45) is 0.633. The highest BCUT2D eigenvalue weighted by Gasteiger charge is 2.17. The maximum absolute atomic E-state index is 10.6. The van der Waals surface area contributed by atoms with Crippen molar-refractivity contribution < 1.29 is 14.4 Å². The minimum absolute atomic E-state index is 0.0604. The first kappa shape index (κ1) is 14.2. The highest BCUT2D eigenvalue weighted by atomic mass is 16.6. The molecule has 100 valence electrons. The van der Waals surface area contributed by atoms with Gasteiger partial charge in [-0.3, -0.25) is 10.1 Å². The Balaban J connectivity index is 2.65. The van der Waals surface area contributed by atoms with E-state index < -0.39 is 4.92 Å². The molecule has 0 bridgehead atoms. The van der Waals surface area contributed by atoms with Gasteiger partial charge in [0.25, 0.3) is 5.69 Å². The molecule has 0 aromatic carbocycles. The van der Waals surface area contributed by atoms with Gasteiger partial charge in [0.05, 0.1) is 29.3 Å². The van der Waals surface area contributed by atoms with Crippen molar-refractivity contribution >= 4 is 11.5 Å². The van der Waals surface area contributed by atoms with E-state index in [9.17, 15) is 10.1 Å². The number of aromatic nitrogens is 1. The number of nitrogen functional groups attached to an aromatic ring is 1. The van der Waals surface area contributed by atoms with Crippen molar-refractivity contribution in [3.05, 3.63) is 22.2 Å². The molecule has 0 aliphatic rings. The summed E-state index contributed by atoms with van der Waals surface area (Å²) in [7, 11) is 1.61. The van der Waals surface area contributed by atoms with Gasteiger partial charge in [-0.1, -0.05) is 0 Å². The third kappa shape index (κ3) is 4.17. The number of nitrogens with zero attached hydrogens (tertiary/aromatic N) is 2. The number of hydrogen-bond donors (Lipinski definition) is 1. The summed E-state index contributed by atoms with van der Waals surface area (Å²) in [5, 5.41) is 10.6. The van der Waals surface area contributed by atoms with Crippen LogP contribution < -0.4 is 10.5 Å². The molecule has 0 spiro atoms. The van der Waals surface area contributed by atoms with Crippen LogP contribution in [0.1, 0.15) is 20.3 Å². The first-order valence-corrected chi connectivity index (χ1v) is 5.44. The van der Waals surface area contributed by atoms with Crippen LogP contribution in [0.4, 0.5) is 11.5 Å². The van der Waals surface area contributed by atoms with E-state index >= 15 is 0 Å². The van der Waals surface area contributed by atoms with Crippen molar-refractivity contribution in [2.45, 2.75) is 25.9 Å². The van der Waals surface area contributed by atoms with Gasteiger partial charge in [-0.05, 0) is 13.8 Å². The van der Waals surface area contributed by atoms with Gasteiger partial charge in [-0.25, -0.2) is 0 Å². The smallest absolute Gasteiger partial charge is 0.278 e. The predicted octanol–water partition coefficient (Wildman–Crippen LogP) is 1.77. The van der Waals surface area contributed by atoms with E-state index in [4.69, 9.17) is 15.2 Å². The molecule has 0 amide bonds. The van der Waals surface area contributed by atoms with Gasteiger partial charge in [-0.15, -0.1) is 0 Å². The molecule has 0 saturated heterocycles. The molecular formula is C11H17N3O4. The number of hydrogen-bond acceptors (Lipinski definition) is 6. The fourth-order valence-corrected chi connectivity index (χ4v) is 1.19. The molecule has 1 rings (SSSR count). The Kier molecular flexibility index (Phi) is 4.43. The third-order valence-corrected chi connectivity index (χ3v) is 2.52. The Morgan fingerprint density at radius 2 is 2.17 bits per heavy atom. The van der Waals surface area contributed by atoms with Crippen LogP contribution in [0.25, 0.3) is 0 Å². The number of rotatable bonds is 6. The normalized spacial score (nSPS) is 11.3. The Hall–Kier alpha value is -1.89. The van der Waals surface area contributed by atoms with Crippen molar-refractivity contribution in [3.8, 4) is 5.88 Å². The van der Waals surface area contributed by atoms with Gasteiger partial charge in [0.1, 0.15) is 5.82 Å². The van der Waals surface area contributed by atoms with Crippen LogP contribution in [0.5, 0.6) is 5.88 Å². The summed E-state index contributed by atoms with van der Waals surface area (Å²) in [6.45, 7) is 4.19. The lowest BCUT2D eigenvalue weighted by Crippen LogP contribution is -2.25. The largest absolute Gasteiger partial charge is 0.477 e. The van der Waals surface area contributed by atoms with E-state index in [0.717, 1.165) is 0 Å². The molecule has 7 nitrogen and oxygen atoms in total. The number of nitrogens with two attached hydrogens (primary N) is 1. The SMILES string of the molecule is COC(C)(C)CCOc1cc([N+](=O)[O-])cc(N)n1. The molecular weight excluding hydrogens is 238 g/mol. The molecule has 1 aromatic rings. The minimum atomic E-state index is -0.538. The highest BCUT2D eigenvalue weighted by Crippen LogP contribution is 2.21. The van der Waals surface area contributed by atoms with E-state index in [0.29, 0.717) is 13.0 Å². The second-order valence-electron chi connectivity index (χ2n) is 4.41. The summed E-state index contributed by atoms with van der Waals surface area (Å²) in [6, 6.07) is 2.43. The molecule has 0 atom stereocenters. The van der Waals surface area contributed by atoms with Gasteiger partial charge in [0, 0.05) is 13.5 Å². The van der Waals surface area contributed by atoms with Crippen LogP contribution in [-0.2, 0) is 4.74 Å². The average molecular weight is 255 g/mol. The fraction of sp³-hybridized carbons (Fsp3) is 0.545. The van der Waals surface area contributed by atoms with E-state index in [-0.39, 0.29) is 23.0 Å². The molecule has 0 radical (unpaired) electrons. The van der Waals surface area contributed by atoms with E-state index in [1.54, 1.807) is 7.11 Å². The van der Waals surface area contributed by atoms with Crippen molar-refractivity contribution in [1.29, 1.82) is 0 Å². The number of ether oxygens (including phenoxy) is 2. The summed E-state index contributed by atoms with van der Waals surface area (Å²) >= 11 is 0. The minimum Gasteiger partial charge on any atom is -0.477 e. The topological polar surface area (TPSA) is 101 Å². The first-order chi connectivity index (χ1) is 8.34. The Bertz CT molecular complexity index is 434. The van der Waals surface area contributed by atoms with Crippen molar-refractivity contribution in [3.63, 3.8) is 0 Å². The lowest BCUT2D eigenvalue weighted by Gasteiger charge is -2.22. The van der Waals surface area contributed by atoms with Crippen molar-refractivity contribution in [2.24, 2.45) is 0 Å². The summed E-state index contributed by atoms with van der Waals surface area (Å²) in [5.41, 5.74) is 5.01. The Labute approximate surface area is 105 Å². The van der Waals surface area contributed by atoms with Crippen LogP contribution in [-0.4, -0.2) is 29.2 Å². The second kappa shape index (κ2) is 5.63. The van der Waals surface area contributed by atoms with E-state index in [1.165, 1.54) is 12.1 Å². The Morgan fingerprint density at radius 3 is 2.72 bits per heavy atom. The molecule has 7 heteroatoms. The maximum atomic E-state index is 10.6. The number of nitro groups is 1. The second-order valence-corrected chi connectivity index (χ2v) is 4.41. The molecule has 0 saturated carbocycles. The quantitative estimate of drug-likeness (QED) is 0.614. The highest BCUT2D eigenvalue weighted by molar-refractivity contribution is 5.45. The number of anilines is 1. The third-order valence-electron chi connectivity index (χ3n) is 2.52. The summed E-state index contributed by atoms with van der Waals surface area (Å²) in [4.78, 5) is 14.0. The van der Waals surface area contributed by atoms with Crippen molar-refractivity contribution in [2.75, 3.05) is 19.5 Å². The lowest BCUT2D eigenvalue weighted by atomic mass is 10.1. The Morgan fingerprint density at radius 1 is 1.50 bits per heavy atom. The monoisotopic (exact) mass is 255 g/mol. The van der Waals surface area contributed by atoms with Gasteiger partial charge in [0.15, 0.2) is 0 Å². The van der Waals surface area contributed by atoms with Gasteiger partial charge in [0.2, 0.25) is 5.88 Å². The van der Waals surface area contributed by atoms with Gasteiger partial charge >= 0.3 is 0 Å². The maximum Gasteiger partial charge on any atom is 0.278 e. The first-order valence-electron chi connectivity index (χ1n) is 5.44. The molecule has 1 heterocycles. The zero-order valence-corrected chi connectivity index (χ0v) is 10.7. The van der Waals surface area contributed by atoms with Gasteiger partial charge in [-0.2, -0.15) is 4.98 Å². The molecule has 0 aliphatic heterocycles. The molecule has 0 aliphatic carbocycles. The number of methoxy groups -OCH3 is 1. The van der Waals surface area contributed by atoms with Crippen LogP contribution in [0.3, 0.4) is 0 Å². The molecule has 0 unspecified atom stereocenters. The number of pyridine rings is 1. The summed E-state index contributed by atoms with van der Waals surface area (Å²) in [5.74, 6) is 0.207. The lowest BCUT2D eigenvalue weighted by molar-refractivity contribution is -0.384. The van der Waals surface area contributed by atoms with Crippen LogP contribution >= 0.6 is 0 Å². The zero-order valence-electron chi connectivity index (χ0n) is 10.7. The van der Waals surface area contributed by atoms with E-state index in [2.05, 4.69) is 4.98 Å². The van der Waals surface area contributed by atoms with E-state index in [1.807, 2.05) is 13.8 Å². The molecule has 1 aromatic heterocycles. The zero-order chi connectivity index (χ0) is 13.8. The molecule has 2 N–H and O–H groups in total. The fourth-order valence-electron chi connectivity index (χ4n) is 1.19. The van der Waals surface area contributed by atoms with Crippen LogP contribution in [0.15, 0.2) is 12.1 Å². The average Bonchev–Trinajstić information content (AvgIpc) is 2.28. The predicted molar refractivity (Wildman–Crippen MR) is 66.5 cm³/mol. The van der Waals surface area contributed by atoms with Crippen LogP contribution in [0, 0.1) is 10.1 Å².